The van der Waals surface area contributed by atoms with Crippen LogP contribution in [0.15, 0.2) is 142 Å². The van der Waals surface area contributed by atoms with Gasteiger partial charge in [-0.25, -0.2) is 44.4 Å². The highest BCUT2D eigenvalue weighted by Crippen LogP contribution is 2.43. The van der Waals surface area contributed by atoms with Crippen molar-refractivity contribution in [2.75, 3.05) is 42.3 Å². The van der Waals surface area contributed by atoms with Gasteiger partial charge >= 0.3 is 7.12 Å². The molecule has 0 atom stereocenters. The van der Waals surface area contributed by atoms with Crippen LogP contribution in [0.1, 0.15) is 45.2 Å². The average Bonchev–Trinajstić information content (AvgIpc) is 1.57. The maximum absolute atomic E-state index is 14.7. The van der Waals surface area contributed by atoms with Crippen LogP contribution in [-0.2, 0) is 46.0 Å². The second-order valence-corrected chi connectivity index (χ2v) is 26.3. The van der Waals surface area contributed by atoms with Crippen LogP contribution in [0.5, 0.6) is 0 Å². The number of fused-ring (bicyclic) bond motifs is 12. The zero-order chi connectivity index (χ0) is 65.4. The summed E-state index contributed by atoms with van der Waals surface area (Å²) in [7, 11) is -5.64. The highest BCUT2D eigenvalue weighted by atomic mass is 35.5. The fourth-order valence-corrected chi connectivity index (χ4v) is 12.5. The lowest BCUT2D eigenvalue weighted by Crippen LogP contribution is -2.38. The SMILES string of the molecule is CCC(=O)c1c(-c2ccc(F)cc2)oc2nc(N(C)S(C)(=O)=O)c(-c3ccc4c(n3)-c3cc5c(F)cccc5n3CC4)cc12.CNC(=O)c1c(-c2ccc(F)cc2)oc2nc(N(C)S(C)(=O)=O)c(B(O)O)cc12.Fc1cccc2c1cc1n2CCc2ccc(Cl)nc2-1. The Balaban J connectivity index is 0.000000145. The van der Waals surface area contributed by atoms with E-state index in [1.54, 1.807) is 43.3 Å². The van der Waals surface area contributed by atoms with Crippen LogP contribution in [0, 0.1) is 23.3 Å². The molecule has 10 heterocycles. The first-order valence-corrected chi connectivity index (χ1v) is 32.6. The molecule has 468 valence electrons. The van der Waals surface area contributed by atoms with Gasteiger partial charge in [0.1, 0.15) is 45.8 Å². The lowest BCUT2D eigenvalue weighted by atomic mass is 9.80. The number of hydrogen-bond donors (Lipinski definition) is 3. The standard InChI is InChI=1S/C33H26F2N4O4S.C17H17BFN3O6S.C15H10ClFN2/c1-4-28(40)29-23-16-22(32(38(2)44(3,41)42)37-33(23)43-31(29)19-8-11-20(34)12-9-19)25-13-10-18-14-15-39-26-7-5-6-24(35)21(26)17-27(39)30(18)36-25;1-20-16(23)13-11-8-12(18(24)25)15(22(2)29(3,26)27)21-17(11)28-14(13)9-4-6-10(19)7-5-9;16-14-5-4-9-6-7-19-12-3-1-2-11(17)10(12)8-13(19)15(9)18-14/h5-13,16-17H,4,14-15H2,1-3H3;4-8,24-25H,1-3H3,(H,20,23);1-5,8H,6-7H2. The van der Waals surface area contributed by atoms with Crippen LogP contribution in [-0.4, -0.2) is 108 Å². The Bertz CT molecular complexity index is 5240. The Kier molecular flexibility index (Phi) is 16.4. The van der Waals surface area contributed by atoms with E-state index in [2.05, 4.69) is 24.8 Å². The van der Waals surface area contributed by atoms with E-state index < -0.39 is 44.7 Å². The van der Waals surface area contributed by atoms with Crippen molar-refractivity contribution in [1.82, 2.24) is 34.4 Å². The number of aromatic nitrogens is 6. The maximum atomic E-state index is 14.7. The van der Waals surface area contributed by atoms with E-state index in [0.29, 0.717) is 62.4 Å². The van der Waals surface area contributed by atoms with Crippen molar-refractivity contribution in [3.8, 4) is 56.7 Å². The quantitative estimate of drug-likeness (QED) is 0.0472. The second-order valence-electron chi connectivity index (χ2n) is 21.8. The number of Topliss-reactive ketones (excluding diaryl/α,β-unsaturated/α-hetero) is 1. The molecule has 2 aliphatic rings. The van der Waals surface area contributed by atoms with Crippen molar-refractivity contribution in [3.05, 3.63) is 184 Å². The van der Waals surface area contributed by atoms with Crippen molar-refractivity contribution < 1.29 is 62.9 Å². The van der Waals surface area contributed by atoms with Crippen LogP contribution in [0.4, 0.5) is 29.2 Å². The molecular weight excluding hydrogens is 1250 g/mol. The smallest absolute Gasteiger partial charge is 0.437 e. The molecule has 0 aliphatic carbocycles. The molecule has 3 N–H and O–H groups in total. The summed E-state index contributed by atoms with van der Waals surface area (Å²) in [5.74, 6) is -2.11. The van der Waals surface area contributed by atoms with Crippen LogP contribution in [0.3, 0.4) is 0 Å². The third-order valence-electron chi connectivity index (χ3n) is 16.2. The van der Waals surface area contributed by atoms with Crippen LogP contribution >= 0.6 is 11.6 Å². The van der Waals surface area contributed by atoms with Gasteiger partial charge in [0.25, 0.3) is 5.91 Å². The molecule has 0 fully saturated rings. The van der Waals surface area contributed by atoms with E-state index in [1.807, 2.05) is 34.9 Å². The molecule has 0 bridgehead atoms. The highest BCUT2D eigenvalue weighted by Gasteiger charge is 2.32. The molecule has 14 rings (SSSR count). The minimum absolute atomic E-state index is 0.0390. The highest BCUT2D eigenvalue weighted by molar-refractivity contribution is 7.92. The zero-order valence-electron chi connectivity index (χ0n) is 49.8. The molecule has 0 radical (unpaired) electrons. The predicted octanol–water partition coefficient (Wildman–Crippen LogP) is 11.1. The Morgan fingerprint density at radius 1 is 0.620 bits per heavy atom. The van der Waals surface area contributed by atoms with Gasteiger partial charge in [0.05, 0.1) is 73.9 Å². The van der Waals surface area contributed by atoms with E-state index in [1.165, 1.54) is 93.4 Å². The number of carbonyl (C=O) groups is 2. The first kappa shape index (κ1) is 62.5. The number of sulfonamides is 2. The summed E-state index contributed by atoms with van der Waals surface area (Å²) in [6.45, 7) is 3.23. The summed E-state index contributed by atoms with van der Waals surface area (Å²) in [5, 5.41) is 24.1. The maximum Gasteiger partial charge on any atom is 0.492 e. The first-order chi connectivity index (χ1) is 43.8. The molecule has 92 heavy (non-hydrogen) atoms. The molecular formula is C65H53BClF4N9O10S2. The number of aryl methyl sites for hydroxylation is 4. The molecule has 4 aromatic carbocycles. The number of amides is 1. The van der Waals surface area contributed by atoms with Gasteiger partial charge in [-0.3, -0.25) is 18.2 Å². The van der Waals surface area contributed by atoms with Gasteiger partial charge in [-0.05, 0) is 133 Å². The van der Waals surface area contributed by atoms with Gasteiger partial charge in [-0.15, -0.1) is 0 Å². The van der Waals surface area contributed by atoms with E-state index in [4.69, 9.17) is 25.4 Å². The Hall–Kier alpha value is -9.73. The third kappa shape index (κ3) is 11.4. The molecule has 2 aliphatic heterocycles. The van der Waals surface area contributed by atoms with E-state index in [0.717, 1.165) is 67.8 Å². The molecule has 8 aromatic heterocycles. The second kappa shape index (κ2) is 24.1. The summed E-state index contributed by atoms with van der Waals surface area (Å²) >= 11 is 5.98. The Labute approximate surface area is 528 Å². The number of hydrogen-bond acceptors (Lipinski definition) is 14. The van der Waals surface area contributed by atoms with Crippen LogP contribution in [0.25, 0.3) is 101 Å². The molecule has 0 unspecified atom stereocenters. The molecule has 0 saturated carbocycles. The predicted molar refractivity (Wildman–Crippen MR) is 345 cm³/mol. The molecule has 0 spiro atoms. The van der Waals surface area contributed by atoms with Crippen molar-refractivity contribution in [2.45, 2.75) is 39.3 Å². The van der Waals surface area contributed by atoms with Crippen molar-refractivity contribution in [1.29, 1.82) is 0 Å². The Morgan fingerprint density at radius 3 is 1.60 bits per heavy atom. The number of anilines is 2. The lowest BCUT2D eigenvalue weighted by molar-refractivity contribution is 0.0962. The Morgan fingerprint density at radius 2 is 1.10 bits per heavy atom. The van der Waals surface area contributed by atoms with Crippen LogP contribution in [0.2, 0.25) is 5.15 Å². The van der Waals surface area contributed by atoms with Gasteiger partial charge in [-0.2, -0.15) is 9.97 Å². The molecule has 12 aromatic rings. The fraction of sp³-hybridized carbons (Fsp3) is 0.169. The molecule has 1 amide bonds. The average molecular weight is 1310 g/mol. The van der Waals surface area contributed by atoms with Crippen molar-refractivity contribution >= 4 is 112 Å². The number of carbonyl (C=O) groups excluding carboxylic acids is 2. The summed E-state index contributed by atoms with van der Waals surface area (Å²) in [6, 6.07) is 35.0. The normalized spacial score (nSPS) is 12.5. The number of ketones is 1. The monoisotopic (exact) mass is 1310 g/mol. The van der Waals surface area contributed by atoms with Gasteiger partial charge in [-0.1, -0.05) is 42.8 Å². The number of furan rings is 2. The van der Waals surface area contributed by atoms with E-state index >= 15 is 0 Å². The number of nitrogens with one attached hydrogen (secondary N) is 1. The number of rotatable bonds is 11. The minimum atomic E-state index is -3.78. The largest absolute Gasteiger partial charge is 0.492 e. The number of nitrogens with zero attached hydrogens (tertiary/aromatic N) is 8. The van der Waals surface area contributed by atoms with Gasteiger partial charge in [0.2, 0.25) is 31.5 Å². The fourth-order valence-electron chi connectivity index (χ4n) is 11.4. The number of benzene rings is 4. The van der Waals surface area contributed by atoms with Gasteiger partial charge < -0.3 is 33.3 Å². The summed E-state index contributed by atoms with van der Waals surface area (Å²) in [6.07, 6.45) is 3.73. The number of pyridine rings is 4. The van der Waals surface area contributed by atoms with Crippen LogP contribution < -0.4 is 19.4 Å². The zero-order valence-corrected chi connectivity index (χ0v) is 52.1. The minimum Gasteiger partial charge on any atom is -0.437 e. The third-order valence-corrected chi connectivity index (χ3v) is 18.7. The first-order valence-electron chi connectivity index (χ1n) is 28.5. The summed E-state index contributed by atoms with van der Waals surface area (Å²) in [4.78, 5) is 43.9. The van der Waals surface area contributed by atoms with Crippen molar-refractivity contribution in [2.24, 2.45) is 0 Å². The van der Waals surface area contributed by atoms with Crippen molar-refractivity contribution in [3.63, 3.8) is 0 Å². The molecule has 19 nitrogen and oxygen atoms in total. The van der Waals surface area contributed by atoms with E-state index in [-0.39, 0.29) is 80.4 Å². The number of halogens is 5. The summed E-state index contributed by atoms with van der Waals surface area (Å²) in [5.41, 5.74) is 8.73. The topological polar surface area (TPSA) is 249 Å². The summed E-state index contributed by atoms with van der Waals surface area (Å²) < 4.78 is 123. The molecule has 27 heteroatoms. The van der Waals surface area contributed by atoms with Gasteiger partial charge in [0, 0.05) is 73.6 Å². The lowest BCUT2D eigenvalue weighted by Gasteiger charge is -2.22. The van der Waals surface area contributed by atoms with E-state index in [9.17, 15) is 54.0 Å². The molecule has 0 saturated heterocycles. The van der Waals surface area contributed by atoms with Gasteiger partial charge in [0.15, 0.2) is 11.6 Å².